The highest BCUT2D eigenvalue weighted by molar-refractivity contribution is 7.92. The van der Waals surface area contributed by atoms with Crippen LogP contribution in [0.15, 0.2) is 77.7 Å². The van der Waals surface area contributed by atoms with Crippen LogP contribution in [-0.2, 0) is 15.4 Å². The van der Waals surface area contributed by atoms with Gasteiger partial charge in [-0.25, -0.2) is 8.42 Å². The number of carbonyl (C=O) groups is 1. The third-order valence-corrected chi connectivity index (χ3v) is 9.68. The number of aromatic amines is 1. The molecule has 3 aromatic carbocycles. The highest BCUT2D eigenvalue weighted by Crippen LogP contribution is 2.35. The maximum absolute atomic E-state index is 13.5. The van der Waals surface area contributed by atoms with Crippen molar-refractivity contribution in [2.45, 2.75) is 56.8 Å². The molecule has 0 radical (unpaired) electrons. The topological polar surface area (TPSA) is 94.3 Å². The first kappa shape index (κ1) is 29.9. The summed E-state index contributed by atoms with van der Waals surface area (Å²) < 4.78 is 29.3. The van der Waals surface area contributed by atoms with Crippen LogP contribution < -0.4 is 10.0 Å². The Morgan fingerprint density at radius 2 is 1.71 bits per heavy atom. The van der Waals surface area contributed by atoms with Crippen molar-refractivity contribution in [2.75, 3.05) is 31.4 Å². The lowest BCUT2D eigenvalue weighted by molar-refractivity contribution is 0.0947. The summed E-state index contributed by atoms with van der Waals surface area (Å²) in [5.74, 6) is 0.462. The summed E-state index contributed by atoms with van der Waals surface area (Å²) in [6.45, 7) is 9.15. The van der Waals surface area contributed by atoms with Crippen LogP contribution in [0, 0.1) is 5.92 Å². The first-order chi connectivity index (χ1) is 20.0. The van der Waals surface area contributed by atoms with E-state index in [2.05, 4.69) is 47.7 Å². The van der Waals surface area contributed by atoms with Gasteiger partial charge >= 0.3 is 0 Å². The van der Waals surface area contributed by atoms with Crippen LogP contribution in [0.4, 0.5) is 5.69 Å². The average Bonchev–Trinajstić information content (AvgIpc) is 3.21. The number of nitrogens with zero attached hydrogens (tertiary/aromatic N) is 1. The first-order valence-corrected chi connectivity index (χ1v) is 16.3. The SMILES string of the molecule is CN1CCCC(CCNC(=O)c2[nH]c3ccc(NS(=O)(=O)c4ccc(C(C)(C)C)cc4)cc3c2-c2ccccc2)CC1. The molecule has 1 unspecified atom stereocenters. The molecule has 2 heterocycles. The quantitative estimate of drug-likeness (QED) is 0.212. The minimum absolute atomic E-state index is 0.0703. The molecule has 5 rings (SSSR count). The Kier molecular flexibility index (Phi) is 8.76. The first-order valence-electron chi connectivity index (χ1n) is 14.8. The number of fused-ring (bicyclic) bond motifs is 1. The summed E-state index contributed by atoms with van der Waals surface area (Å²) in [5.41, 5.74) is 4.32. The van der Waals surface area contributed by atoms with E-state index in [9.17, 15) is 13.2 Å². The predicted octanol–water partition coefficient (Wildman–Crippen LogP) is 6.79. The molecule has 0 saturated carbocycles. The Labute approximate surface area is 249 Å². The molecule has 1 atom stereocenters. The molecule has 42 heavy (non-hydrogen) atoms. The van der Waals surface area contributed by atoms with Gasteiger partial charge in [0.2, 0.25) is 0 Å². The Bertz CT molecular complexity index is 1640. The summed E-state index contributed by atoms with van der Waals surface area (Å²) in [6, 6.07) is 22.1. The number of sulfonamides is 1. The van der Waals surface area contributed by atoms with Gasteiger partial charge in [0.25, 0.3) is 15.9 Å². The van der Waals surface area contributed by atoms with E-state index in [0.717, 1.165) is 53.5 Å². The smallest absolute Gasteiger partial charge is 0.268 e. The van der Waals surface area contributed by atoms with Crippen LogP contribution in [0.3, 0.4) is 0 Å². The van der Waals surface area contributed by atoms with Crippen molar-refractivity contribution in [2.24, 2.45) is 5.92 Å². The molecule has 1 aliphatic heterocycles. The van der Waals surface area contributed by atoms with Gasteiger partial charge in [0.1, 0.15) is 5.69 Å². The number of hydrogen-bond donors (Lipinski definition) is 3. The van der Waals surface area contributed by atoms with Gasteiger partial charge in [0, 0.05) is 28.7 Å². The summed E-state index contributed by atoms with van der Waals surface area (Å²) in [7, 11) is -1.63. The van der Waals surface area contributed by atoms with E-state index in [1.807, 2.05) is 48.5 Å². The molecule has 3 N–H and O–H groups in total. The number of amides is 1. The van der Waals surface area contributed by atoms with Gasteiger partial charge in [0.05, 0.1) is 4.90 Å². The number of rotatable bonds is 8. The Morgan fingerprint density at radius 3 is 2.43 bits per heavy atom. The Balaban J connectivity index is 1.40. The normalized spacial score (nSPS) is 16.7. The van der Waals surface area contributed by atoms with Crippen molar-refractivity contribution in [3.8, 4) is 11.1 Å². The number of H-pyrrole nitrogens is 1. The zero-order valence-corrected chi connectivity index (χ0v) is 25.9. The molecule has 1 saturated heterocycles. The fourth-order valence-corrected chi connectivity index (χ4v) is 6.80. The molecule has 1 aliphatic rings. The third kappa shape index (κ3) is 6.88. The largest absolute Gasteiger partial charge is 0.351 e. The highest BCUT2D eigenvalue weighted by atomic mass is 32.2. The maximum atomic E-state index is 13.5. The minimum atomic E-state index is -3.80. The molecular weight excluding hydrogens is 544 g/mol. The van der Waals surface area contributed by atoms with E-state index in [4.69, 9.17) is 0 Å². The molecule has 1 fully saturated rings. The number of benzene rings is 3. The molecule has 0 aliphatic carbocycles. The van der Waals surface area contributed by atoms with Gasteiger partial charge in [-0.1, -0.05) is 63.2 Å². The van der Waals surface area contributed by atoms with E-state index < -0.39 is 10.0 Å². The monoisotopic (exact) mass is 586 g/mol. The van der Waals surface area contributed by atoms with Crippen LogP contribution in [0.25, 0.3) is 22.0 Å². The Hall–Kier alpha value is -3.62. The summed E-state index contributed by atoms with van der Waals surface area (Å²) >= 11 is 0. The summed E-state index contributed by atoms with van der Waals surface area (Å²) in [4.78, 5) is 19.4. The second-order valence-electron chi connectivity index (χ2n) is 12.5. The number of carbonyl (C=O) groups excluding carboxylic acids is 1. The number of anilines is 1. The molecule has 7 nitrogen and oxygen atoms in total. The lowest BCUT2D eigenvalue weighted by Gasteiger charge is -2.19. The third-order valence-electron chi connectivity index (χ3n) is 8.28. The molecule has 1 aromatic heterocycles. The molecule has 222 valence electrons. The predicted molar refractivity (Wildman–Crippen MR) is 171 cm³/mol. The van der Waals surface area contributed by atoms with E-state index in [1.165, 1.54) is 12.8 Å². The standard InChI is InChI=1S/C34H42N4O3S/c1-34(2,3)26-12-15-28(16-13-26)42(40,41)37-27-14-17-30-29(23-27)31(25-10-6-5-7-11-25)32(36-30)33(39)35-20-18-24-9-8-21-38(4)22-19-24/h5-7,10-17,23-24,36-37H,8-9,18-22H2,1-4H3,(H,35,39). The lowest BCUT2D eigenvalue weighted by atomic mass is 9.87. The van der Waals surface area contributed by atoms with Crippen molar-refractivity contribution in [1.29, 1.82) is 0 Å². The number of aromatic nitrogens is 1. The molecular formula is C34H42N4O3S. The van der Waals surface area contributed by atoms with Gasteiger partial charge in [-0.15, -0.1) is 0 Å². The fourth-order valence-electron chi connectivity index (χ4n) is 5.75. The molecule has 0 bridgehead atoms. The number of likely N-dealkylation sites (tertiary alicyclic amines) is 1. The maximum Gasteiger partial charge on any atom is 0.268 e. The average molecular weight is 587 g/mol. The summed E-state index contributed by atoms with van der Waals surface area (Å²) in [6.07, 6.45) is 4.52. The van der Waals surface area contributed by atoms with Crippen molar-refractivity contribution >= 4 is 32.5 Å². The van der Waals surface area contributed by atoms with Gasteiger partial charge < -0.3 is 15.2 Å². The van der Waals surface area contributed by atoms with Gasteiger partial charge in [-0.2, -0.15) is 0 Å². The van der Waals surface area contributed by atoms with Gasteiger partial charge in [-0.05, 0) is 98.6 Å². The zero-order valence-electron chi connectivity index (χ0n) is 25.0. The van der Waals surface area contributed by atoms with Crippen LogP contribution in [0.2, 0.25) is 0 Å². The Morgan fingerprint density at radius 1 is 0.976 bits per heavy atom. The van der Waals surface area contributed by atoms with Gasteiger partial charge in [0.15, 0.2) is 0 Å². The molecule has 8 heteroatoms. The second kappa shape index (κ2) is 12.3. The van der Waals surface area contributed by atoms with Crippen LogP contribution in [0.1, 0.15) is 62.5 Å². The van der Waals surface area contributed by atoms with Crippen molar-refractivity contribution < 1.29 is 13.2 Å². The van der Waals surface area contributed by atoms with Crippen LogP contribution in [-0.4, -0.2) is 50.9 Å². The van der Waals surface area contributed by atoms with Crippen LogP contribution >= 0.6 is 0 Å². The van der Waals surface area contributed by atoms with Crippen LogP contribution in [0.5, 0.6) is 0 Å². The molecule has 1 amide bonds. The molecule has 0 spiro atoms. The van der Waals surface area contributed by atoms with Crippen molar-refractivity contribution in [1.82, 2.24) is 15.2 Å². The molecule has 4 aromatic rings. The minimum Gasteiger partial charge on any atom is -0.351 e. The summed E-state index contributed by atoms with van der Waals surface area (Å²) in [5, 5.41) is 3.92. The van der Waals surface area contributed by atoms with Gasteiger partial charge in [-0.3, -0.25) is 9.52 Å². The van der Waals surface area contributed by atoms with E-state index >= 15 is 0 Å². The lowest BCUT2D eigenvalue weighted by Crippen LogP contribution is -2.27. The number of nitrogens with one attached hydrogen (secondary N) is 3. The fraction of sp³-hybridized carbons (Fsp3) is 0.382. The van der Waals surface area contributed by atoms with E-state index in [0.29, 0.717) is 23.8 Å². The number of hydrogen-bond acceptors (Lipinski definition) is 4. The van der Waals surface area contributed by atoms with Crippen molar-refractivity contribution in [3.05, 3.63) is 84.1 Å². The van der Waals surface area contributed by atoms with E-state index in [-0.39, 0.29) is 16.2 Å². The van der Waals surface area contributed by atoms with Crippen molar-refractivity contribution in [3.63, 3.8) is 0 Å². The van der Waals surface area contributed by atoms with E-state index in [1.54, 1.807) is 24.3 Å². The zero-order chi connectivity index (χ0) is 29.9. The highest BCUT2D eigenvalue weighted by Gasteiger charge is 2.22. The second-order valence-corrected chi connectivity index (χ2v) is 14.2.